The molecule has 152 valence electrons. The Kier molecular flexibility index (Phi) is 6.70. The molecule has 28 heavy (non-hydrogen) atoms. The smallest absolute Gasteiger partial charge is 0.311 e. The number of ether oxygens (including phenoxy) is 1. The predicted molar refractivity (Wildman–Crippen MR) is 107 cm³/mol. The molecule has 1 aromatic carbocycles. The Balaban J connectivity index is 1.57. The molecule has 0 unspecified atom stereocenters. The summed E-state index contributed by atoms with van der Waals surface area (Å²) in [7, 11) is 0. The SMILES string of the molecule is CC[C@H](C)c1ccccc1N1C[C@@H](C(=O)OCC(=O)NC2CCCC2)CC1=O. The van der Waals surface area contributed by atoms with Crippen molar-refractivity contribution in [1.29, 1.82) is 0 Å². The number of carbonyl (C=O) groups excluding carboxylic acids is 3. The first kappa shape index (κ1) is 20.4. The number of benzene rings is 1. The number of amides is 2. The topological polar surface area (TPSA) is 75.7 Å². The molecule has 1 aromatic rings. The molecule has 1 aliphatic heterocycles. The molecule has 0 spiro atoms. The lowest BCUT2D eigenvalue weighted by Crippen LogP contribution is -2.36. The molecule has 6 nitrogen and oxygen atoms in total. The van der Waals surface area contributed by atoms with Crippen LogP contribution in [-0.4, -0.2) is 37.0 Å². The van der Waals surface area contributed by atoms with E-state index in [0.29, 0.717) is 12.5 Å². The molecule has 1 saturated heterocycles. The largest absolute Gasteiger partial charge is 0.455 e. The second-order valence-electron chi connectivity index (χ2n) is 7.93. The summed E-state index contributed by atoms with van der Waals surface area (Å²) in [6.07, 6.45) is 5.33. The first-order valence-corrected chi connectivity index (χ1v) is 10.3. The molecule has 0 aromatic heterocycles. The molecule has 2 aliphatic rings. The van der Waals surface area contributed by atoms with Gasteiger partial charge in [-0.15, -0.1) is 0 Å². The standard InChI is InChI=1S/C22H30N2O4/c1-3-15(2)18-10-6-7-11-19(18)24-13-16(12-21(24)26)22(27)28-14-20(25)23-17-8-4-5-9-17/h6-7,10-11,15-17H,3-5,8-9,12-14H2,1-2H3,(H,23,25)/t15-,16-/m0/s1. The van der Waals surface area contributed by atoms with Crippen molar-refractivity contribution in [2.24, 2.45) is 5.92 Å². The van der Waals surface area contributed by atoms with Crippen LogP contribution in [0.2, 0.25) is 0 Å². The lowest BCUT2D eigenvalue weighted by atomic mass is 9.96. The third-order valence-electron chi connectivity index (χ3n) is 5.90. The van der Waals surface area contributed by atoms with Crippen molar-refractivity contribution < 1.29 is 19.1 Å². The summed E-state index contributed by atoms with van der Waals surface area (Å²) in [5.74, 6) is -1.01. The highest BCUT2D eigenvalue weighted by Gasteiger charge is 2.37. The van der Waals surface area contributed by atoms with E-state index in [9.17, 15) is 14.4 Å². The highest BCUT2D eigenvalue weighted by Crippen LogP contribution is 2.33. The Morgan fingerprint density at radius 2 is 1.96 bits per heavy atom. The Hall–Kier alpha value is -2.37. The molecule has 6 heteroatoms. The third kappa shape index (κ3) is 4.72. The number of hydrogen-bond acceptors (Lipinski definition) is 4. The van der Waals surface area contributed by atoms with Gasteiger partial charge in [0.1, 0.15) is 0 Å². The second kappa shape index (κ2) is 9.22. The molecule has 1 heterocycles. The molecule has 1 aliphatic carbocycles. The zero-order valence-corrected chi connectivity index (χ0v) is 16.8. The molecule has 1 saturated carbocycles. The number of nitrogens with zero attached hydrogens (tertiary/aromatic N) is 1. The van der Waals surface area contributed by atoms with Gasteiger partial charge in [-0.05, 0) is 36.8 Å². The summed E-state index contributed by atoms with van der Waals surface area (Å²) in [5, 5.41) is 2.90. The van der Waals surface area contributed by atoms with Crippen molar-refractivity contribution in [3.05, 3.63) is 29.8 Å². The molecule has 2 amide bonds. The molecular weight excluding hydrogens is 356 g/mol. The summed E-state index contributed by atoms with van der Waals surface area (Å²) >= 11 is 0. The predicted octanol–water partition coefficient (Wildman–Crippen LogP) is 3.16. The second-order valence-corrected chi connectivity index (χ2v) is 7.93. The molecule has 2 fully saturated rings. The summed E-state index contributed by atoms with van der Waals surface area (Å²) in [5.41, 5.74) is 1.99. The van der Waals surface area contributed by atoms with Gasteiger partial charge in [-0.1, -0.05) is 44.9 Å². The number of hydrogen-bond donors (Lipinski definition) is 1. The van der Waals surface area contributed by atoms with Crippen LogP contribution in [0.15, 0.2) is 24.3 Å². The monoisotopic (exact) mass is 386 g/mol. The van der Waals surface area contributed by atoms with Crippen LogP contribution in [0.4, 0.5) is 5.69 Å². The number of carbonyl (C=O) groups is 3. The number of para-hydroxylation sites is 1. The number of anilines is 1. The van der Waals surface area contributed by atoms with Gasteiger partial charge in [0.15, 0.2) is 6.61 Å². The normalized spacial score (nSPS) is 21.0. The summed E-state index contributed by atoms with van der Waals surface area (Å²) in [6, 6.07) is 8.05. The Morgan fingerprint density at radius 3 is 2.68 bits per heavy atom. The minimum atomic E-state index is -0.531. The Labute approximate surface area is 166 Å². The molecule has 0 bridgehead atoms. The van der Waals surface area contributed by atoms with Crippen LogP contribution in [0.3, 0.4) is 0 Å². The van der Waals surface area contributed by atoms with Crippen molar-refractivity contribution in [3.8, 4) is 0 Å². The van der Waals surface area contributed by atoms with Crippen LogP contribution in [-0.2, 0) is 19.1 Å². The van der Waals surface area contributed by atoms with Gasteiger partial charge >= 0.3 is 5.97 Å². The molecule has 2 atom stereocenters. The van der Waals surface area contributed by atoms with Crippen molar-refractivity contribution in [2.75, 3.05) is 18.1 Å². The van der Waals surface area contributed by atoms with Crippen molar-refractivity contribution in [1.82, 2.24) is 5.32 Å². The number of esters is 1. The average Bonchev–Trinajstić information content (AvgIpc) is 3.35. The highest BCUT2D eigenvalue weighted by molar-refractivity contribution is 6.00. The maximum Gasteiger partial charge on any atom is 0.311 e. The summed E-state index contributed by atoms with van der Waals surface area (Å²) in [4.78, 5) is 38.6. The molecule has 1 N–H and O–H groups in total. The minimum absolute atomic E-state index is 0.0758. The number of nitrogens with one attached hydrogen (secondary N) is 1. The van der Waals surface area contributed by atoms with Crippen LogP contribution in [0.5, 0.6) is 0 Å². The summed E-state index contributed by atoms with van der Waals surface area (Å²) in [6.45, 7) is 4.27. The van der Waals surface area contributed by atoms with E-state index >= 15 is 0 Å². The first-order chi connectivity index (χ1) is 13.5. The Bertz CT molecular complexity index is 727. The van der Waals surface area contributed by atoms with E-state index in [1.165, 1.54) is 0 Å². The maximum absolute atomic E-state index is 12.6. The zero-order chi connectivity index (χ0) is 20.1. The highest BCUT2D eigenvalue weighted by atomic mass is 16.5. The minimum Gasteiger partial charge on any atom is -0.455 e. The quantitative estimate of drug-likeness (QED) is 0.731. The van der Waals surface area contributed by atoms with E-state index < -0.39 is 11.9 Å². The molecular formula is C22H30N2O4. The van der Waals surface area contributed by atoms with Crippen LogP contribution in [0.25, 0.3) is 0 Å². The fourth-order valence-electron chi connectivity index (χ4n) is 4.06. The van der Waals surface area contributed by atoms with E-state index in [-0.39, 0.29) is 30.9 Å². The third-order valence-corrected chi connectivity index (χ3v) is 5.90. The van der Waals surface area contributed by atoms with Gasteiger partial charge < -0.3 is 15.0 Å². The Morgan fingerprint density at radius 1 is 1.25 bits per heavy atom. The van der Waals surface area contributed by atoms with E-state index in [1.54, 1.807) is 4.90 Å². The molecule has 3 rings (SSSR count). The van der Waals surface area contributed by atoms with Gasteiger partial charge in [0.2, 0.25) is 5.91 Å². The van der Waals surface area contributed by atoms with Gasteiger partial charge in [0.05, 0.1) is 5.92 Å². The fourth-order valence-corrected chi connectivity index (χ4v) is 4.06. The van der Waals surface area contributed by atoms with Gasteiger partial charge in [-0.25, -0.2) is 0 Å². The van der Waals surface area contributed by atoms with Gasteiger partial charge in [0.25, 0.3) is 5.91 Å². The van der Waals surface area contributed by atoms with Crippen LogP contribution >= 0.6 is 0 Å². The molecule has 0 radical (unpaired) electrons. The van der Waals surface area contributed by atoms with Gasteiger partial charge in [-0.2, -0.15) is 0 Å². The van der Waals surface area contributed by atoms with Crippen molar-refractivity contribution in [3.63, 3.8) is 0 Å². The lowest BCUT2D eigenvalue weighted by Gasteiger charge is -2.23. The fraction of sp³-hybridized carbons (Fsp3) is 0.591. The van der Waals surface area contributed by atoms with Gasteiger partial charge in [0, 0.05) is 24.7 Å². The zero-order valence-electron chi connectivity index (χ0n) is 16.8. The van der Waals surface area contributed by atoms with Crippen LogP contribution in [0.1, 0.15) is 63.9 Å². The van der Waals surface area contributed by atoms with Crippen LogP contribution < -0.4 is 10.2 Å². The summed E-state index contributed by atoms with van der Waals surface area (Å²) < 4.78 is 5.20. The lowest BCUT2D eigenvalue weighted by molar-refractivity contribution is -0.152. The average molecular weight is 386 g/mol. The van der Waals surface area contributed by atoms with Crippen molar-refractivity contribution in [2.45, 2.75) is 64.3 Å². The maximum atomic E-state index is 12.6. The first-order valence-electron chi connectivity index (χ1n) is 10.3. The van der Waals surface area contributed by atoms with E-state index in [2.05, 4.69) is 19.2 Å². The van der Waals surface area contributed by atoms with E-state index in [1.807, 2.05) is 24.3 Å². The number of rotatable bonds is 7. The van der Waals surface area contributed by atoms with Gasteiger partial charge in [-0.3, -0.25) is 14.4 Å². The van der Waals surface area contributed by atoms with Crippen molar-refractivity contribution >= 4 is 23.5 Å². The van der Waals surface area contributed by atoms with E-state index in [0.717, 1.165) is 43.4 Å². The van der Waals surface area contributed by atoms with E-state index in [4.69, 9.17) is 4.74 Å². The van der Waals surface area contributed by atoms with Crippen LogP contribution in [0, 0.1) is 5.92 Å².